The molecule has 0 bridgehead atoms. The Balaban J connectivity index is 1.55. The zero-order valence-electron chi connectivity index (χ0n) is 19.5. The van der Waals surface area contributed by atoms with E-state index in [1.165, 1.54) is 30.2 Å². The summed E-state index contributed by atoms with van der Waals surface area (Å²) >= 11 is 6.89. The highest BCUT2D eigenvalue weighted by Crippen LogP contribution is 2.41. The number of nitrogens with one attached hydrogen (secondary N) is 1. The van der Waals surface area contributed by atoms with E-state index in [0.29, 0.717) is 32.4 Å². The van der Waals surface area contributed by atoms with Gasteiger partial charge in [-0.05, 0) is 69.8 Å². The lowest BCUT2D eigenvalue weighted by atomic mass is 10.3. The van der Waals surface area contributed by atoms with Gasteiger partial charge in [-0.15, -0.1) is 45.8 Å². The fourth-order valence-electron chi connectivity index (χ4n) is 3.35. The Morgan fingerprint density at radius 3 is 1.97 bits per heavy atom. The number of thioether (sulfide) groups is 1. The highest BCUT2D eigenvalue weighted by atomic mass is 32.2. The lowest BCUT2D eigenvalue weighted by Gasteiger charge is -2.28. The summed E-state index contributed by atoms with van der Waals surface area (Å²) in [5.74, 6) is -0.0394. The fourth-order valence-corrected chi connectivity index (χ4v) is 9.62. The molecule has 1 amide bonds. The maximum absolute atomic E-state index is 12.7. The first-order valence-electron chi connectivity index (χ1n) is 11.1. The molecule has 1 N–H and O–H groups in total. The number of carbonyl (C=O) groups excluding carboxylic acids is 1. The molecule has 33 heavy (non-hydrogen) atoms. The van der Waals surface area contributed by atoms with Gasteiger partial charge in [0.05, 0.1) is 9.09 Å². The third-order valence-electron chi connectivity index (χ3n) is 4.74. The molecule has 10 heteroatoms. The van der Waals surface area contributed by atoms with Crippen molar-refractivity contribution in [1.82, 2.24) is 5.32 Å². The summed E-state index contributed by atoms with van der Waals surface area (Å²) in [4.78, 5) is 18.3. The van der Waals surface area contributed by atoms with E-state index in [9.17, 15) is 4.79 Å². The molecule has 0 fully saturated rings. The predicted octanol–water partition coefficient (Wildman–Crippen LogP) is 7.10. The monoisotopic (exact) mass is 541 g/mol. The quantitative estimate of drug-likeness (QED) is 0.134. The Bertz CT molecular complexity index is 999. The number of rotatable bonds is 14. The molecule has 0 atom stereocenters. The average Bonchev–Trinajstić information content (AvgIpc) is 3.56. The van der Waals surface area contributed by atoms with Crippen LogP contribution in [0.15, 0.2) is 40.6 Å². The molecule has 0 aromatic carbocycles. The SMILES string of the molecule is CCO[Si](CCCNC(=O)c1ccc(-c2ccc(-c3ccc(SC)s3)s2)s1)(OCC)OCC. The van der Waals surface area contributed by atoms with E-state index in [2.05, 4.69) is 35.8 Å². The highest BCUT2D eigenvalue weighted by molar-refractivity contribution is 8.00. The first-order chi connectivity index (χ1) is 16.0. The summed E-state index contributed by atoms with van der Waals surface area (Å²) < 4.78 is 19.0. The third-order valence-corrected chi connectivity index (χ3v) is 12.6. The van der Waals surface area contributed by atoms with E-state index in [4.69, 9.17) is 13.3 Å². The largest absolute Gasteiger partial charge is 0.500 e. The number of amides is 1. The molecule has 3 aromatic rings. The Morgan fingerprint density at radius 1 is 0.848 bits per heavy atom. The van der Waals surface area contributed by atoms with E-state index < -0.39 is 8.80 Å². The van der Waals surface area contributed by atoms with Crippen LogP contribution in [0.25, 0.3) is 19.5 Å². The van der Waals surface area contributed by atoms with Crippen LogP contribution in [0.1, 0.15) is 36.9 Å². The summed E-state index contributed by atoms with van der Waals surface area (Å²) in [5, 5.41) is 3.03. The van der Waals surface area contributed by atoms with Crippen molar-refractivity contribution in [2.45, 2.75) is 37.4 Å². The van der Waals surface area contributed by atoms with Crippen molar-refractivity contribution in [1.29, 1.82) is 0 Å². The van der Waals surface area contributed by atoms with Gasteiger partial charge in [0.25, 0.3) is 5.91 Å². The van der Waals surface area contributed by atoms with Gasteiger partial charge < -0.3 is 18.6 Å². The lowest BCUT2D eigenvalue weighted by molar-refractivity contribution is 0.0705. The molecule has 3 heterocycles. The van der Waals surface area contributed by atoms with Crippen molar-refractivity contribution in [3.63, 3.8) is 0 Å². The minimum atomic E-state index is -2.66. The second-order valence-electron chi connectivity index (χ2n) is 6.99. The fraction of sp³-hybridized carbons (Fsp3) is 0.435. The van der Waals surface area contributed by atoms with Crippen LogP contribution in [0, 0.1) is 0 Å². The molecule has 0 aliphatic rings. The molecule has 0 spiro atoms. The van der Waals surface area contributed by atoms with E-state index in [1.807, 2.05) is 44.2 Å². The van der Waals surface area contributed by atoms with Crippen LogP contribution >= 0.6 is 45.8 Å². The Morgan fingerprint density at radius 2 is 1.39 bits per heavy atom. The number of hydrogen-bond donors (Lipinski definition) is 1. The van der Waals surface area contributed by atoms with Gasteiger partial charge in [0.15, 0.2) is 0 Å². The highest BCUT2D eigenvalue weighted by Gasteiger charge is 2.39. The summed E-state index contributed by atoms with van der Waals surface area (Å²) in [6.07, 6.45) is 2.85. The van der Waals surface area contributed by atoms with Crippen molar-refractivity contribution in [2.75, 3.05) is 32.6 Å². The average molecular weight is 542 g/mol. The molecule has 0 radical (unpaired) electrons. The predicted molar refractivity (Wildman–Crippen MR) is 145 cm³/mol. The molecule has 3 aromatic heterocycles. The number of thiophene rings is 3. The molecule has 0 aliphatic heterocycles. The van der Waals surface area contributed by atoms with E-state index in [1.54, 1.807) is 23.1 Å². The topological polar surface area (TPSA) is 56.8 Å². The molecule has 0 saturated carbocycles. The maximum atomic E-state index is 12.7. The van der Waals surface area contributed by atoms with Gasteiger partial charge in [0, 0.05) is 51.9 Å². The van der Waals surface area contributed by atoms with Crippen molar-refractivity contribution < 1.29 is 18.1 Å². The normalized spacial score (nSPS) is 11.8. The van der Waals surface area contributed by atoms with Gasteiger partial charge in [0.1, 0.15) is 0 Å². The summed E-state index contributed by atoms with van der Waals surface area (Å²) in [6, 6.07) is 13.3. The molecular weight excluding hydrogens is 511 g/mol. The Hall–Kier alpha value is -0.983. The minimum Gasteiger partial charge on any atom is -0.374 e. The van der Waals surface area contributed by atoms with Crippen LogP contribution in [0.5, 0.6) is 0 Å². The van der Waals surface area contributed by atoms with Crippen molar-refractivity contribution >= 4 is 60.5 Å². The standard InChI is InChI=1S/C23H31NO4S4Si/c1-5-26-33(27-6-2,28-7-3)16-8-15-24-23(25)21-12-11-18(31-21)17-9-10-19(30-17)20-13-14-22(29-4)32-20/h9-14H,5-8,15-16H2,1-4H3,(H,24,25). The third kappa shape index (κ3) is 7.25. The van der Waals surface area contributed by atoms with Crippen LogP contribution < -0.4 is 5.32 Å². The van der Waals surface area contributed by atoms with Gasteiger partial charge in [-0.1, -0.05) is 0 Å². The lowest BCUT2D eigenvalue weighted by Crippen LogP contribution is -2.46. The van der Waals surface area contributed by atoms with Crippen molar-refractivity contribution in [3.8, 4) is 19.5 Å². The Labute approximate surface area is 213 Å². The summed E-state index contributed by atoms with van der Waals surface area (Å²) in [5.41, 5.74) is 0. The summed E-state index contributed by atoms with van der Waals surface area (Å²) in [7, 11) is -2.66. The molecule has 5 nitrogen and oxygen atoms in total. The molecule has 0 aliphatic carbocycles. The first-order valence-corrected chi connectivity index (χ1v) is 16.7. The van der Waals surface area contributed by atoms with Crippen LogP contribution in [0.2, 0.25) is 6.04 Å². The van der Waals surface area contributed by atoms with Gasteiger partial charge >= 0.3 is 8.80 Å². The second kappa shape index (κ2) is 13.2. The van der Waals surface area contributed by atoms with E-state index >= 15 is 0 Å². The van der Waals surface area contributed by atoms with Gasteiger partial charge in [0.2, 0.25) is 0 Å². The molecule has 180 valence electrons. The summed E-state index contributed by atoms with van der Waals surface area (Å²) in [6.45, 7) is 8.11. The smallest absolute Gasteiger partial charge is 0.374 e. The molecule has 0 unspecified atom stereocenters. The van der Waals surface area contributed by atoms with E-state index in [-0.39, 0.29) is 5.91 Å². The number of hydrogen-bond acceptors (Lipinski definition) is 8. The first kappa shape index (κ1) is 26.6. The zero-order valence-corrected chi connectivity index (χ0v) is 23.7. The Kier molecular flexibility index (Phi) is 10.6. The van der Waals surface area contributed by atoms with Gasteiger partial charge in [-0.3, -0.25) is 4.79 Å². The van der Waals surface area contributed by atoms with Crippen LogP contribution in [-0.4, -0.2) is 47.3 Å². The molecule has 3 rings (SSSR count). The van der Waals surface area contributed by atoms with Crippen LogP contribution in [0.3, 0.4) is 0 Å². The molecule has 0 saturated heterocycles. The van der Waals surface area contributed by atoms with Crippen LogP contribution in [0.4, 0.5) is 0 Å². The zero-order chi connectivity index (χ0) is 23.7. The van der Waals surface area contributed by atoms with Gasteiger partial charge in [-0.2, -0.15) is 0 Å². The minimum absolute atomic E-state index is 0.0394. The number of carbonyl (C=O) groups is 1. The van der Waals surface area contributed by atoms with Crippen molar-refractivity contribution in [2.24, 2.45) is 0 Å². The van der Waals surface area contributed by atoms with Gasteiger partial charge in [-0.25, -0.2) is 0 Å². The molecular formula is C23H31NO4S4Si. The van der Waals surface area contributed by atoms with E-state index in [0.717, 1.165) is 16.2 Å². The van der Waals surface area contributed by atoms with Crippen molar-refractivity contribution in [3.05, 3.63) is 41.3 Å². The second-order valence-corrected chi connectivity index (χ2v) is 14.1. The van der Waals surface area contributed by atoms with Crippen LogP contribution in [-0.2, 0) is 13.3 Å². The maximum Gasteiger partial charge on any atom is 0.500 e.